The molecule has 6 N–H and O–H groups in total. The summed E-state index contributed by atoms with van der Waals surface area (Å²) in [5.74, 6) is -5.90. The average molecular weight is 821 g/mol. The highest BCUT2D eigenvalue weighted by molar-refractivity contribution is 8.00. The zero-order valence-corrected chi connectivity index (χ0v) is 32.4. The highest BCUT2D eigenvalue weighted by atomic mass is 35.5. The van der Waals surface area contributed by atoms with Gasteiger partial charge in [0.25, 0.3) is 17.7 Å². The van der Waals surface area contributed by atoms with E-state index in [1.165, 1.54) is 47.9 Å². The molecule has 1 aromatic heterocycles. The molecular weight excluding hydrogens is 782 g/mol. The van der Waals surface area contributed by atoms with Crippen LogP contribution < -0.4 is 5.32 Å². The number of nitrogens with zero attached hydrogens (tertiary/aromatic N) is 6. The van der Waals surface area contributed by atoms with Crippen molar-refractivity contribution in [2.24, 2.45) is 10.3 Å². The van der Waals surface area contributed by atoms with Crippen LogP contribution in [-0.2, 0) is 28.8 Å². The Kier molecular flexibility index (Phi) is 10.8. The van der Waals surface area contributed by atoms with Crippen LogP contribution in [0.15, 0.2) is 39.1 Å². The zero-order chi connectivity index (χ0) is 40.1. The molecule has 6 heterocycles. The number of aryl methyl sites for hydroxylation is 1. The molecule has 2 aromatic rings. The van der Waals surface area contributed by atoms with E-state index in [0.29, 0.717) is 47.5 Å². The number of piperidine rings is 1. The van der Waals surface area contributed by atoms with Crippen molar-refractivity contribution in [2.45, 2.75) is 68.8 Å². The Hall–Kier alpha value is -4.92. The number of rotatable bonds is 11. The number of fused-ring (bicyclic) bond motifs is 5. The lowest BCUT2D eigenvalue weighted by Gasteiger charge is -2.52. The fraction of sp³-hybridized carbons (Fsp3) is 0.471. The van der Waals surface area contributed by atoms with Gasteiger partial charge in [-0.3, -0.25) is 19.3 Å². The highest BCUT2D eigenvalue weighted by Crippen LogP contribution is 2.45. The number of hydrogen-bond donors (Lipinski definition) is 6. The number of phenolic OH excluding ortho intramolecular Hbond substituents is 2. The predicted molar refractivity (Wildman–Crippen MR) is 198 cm³/mol. The first-order valence-corrected chi connectivity index (χ1v) is 19.4. The van der Waals surface area contributed by atoms with E-state index in [4.69, 9.17) is 16.4 Å². The fourth-order valence-corrected chi connectivity index (χ4v) is 9.52. The Balaban J connectivity index is 1.20. The molecule has 0 aliphatic carbocycles. The van der Waals surface area contributed by atoms with E-state index in [0.717, 1.165) is 6.07 Å². The van der Waals surface area contributed by atoms with Gasteiger partial charge >= 0.3 is 11.9 Å². The maximum absolute atomic E-state index is 13.8. The predicted octanol–water partition coefficient (Wildman–Crippen LogP) is 1.93. The molecule has 0 saturated carbocycles. The van der Waals surface area contributed by atoms with Crippen molar-refractivity contribution in [3.8, 4) is 11.5 Å². The summed E-state index contributed by atoms with van der Waals surface area (Å²) in [5, 5.41) is 60.0. The second-order valence-corrected chi connectivity index (χ2v) is 17.2. The molecule has 1 aromatic carbocycles. The monoisotopic (exact) mass is 820 g/mol. The smallest absolute Gasteiger partial charge is 0.352 e. The lowest BCUT2D eigenvalue weighted by molar-refractivity contribution is -0.925. The van der Waals surface area contributed by atoms with Crippen molar-refractivity contribution in [3.63, 3.8) is 0 Å². The molecular formula is C34H39ClN7O11S2+. The van der Waals surface area contributed by atoms with Crippen LogP contribution in [0.25, 0.3) is 0 Å². The van der Waals surface area contributed by atoms with Crippen LogP contribution in [0.2, 0.25) is 5.02 Å². The van der Waals surface area contributed by atoms with Crippen molar-refractivity contribution >= 4 is 75.8 Å². The Morgan fingerprint density at radius 2 is 1.82 bits per heavy atom. The number of phenols is 2. The number of aromatic hydroxyl groups is 2. The summed E-state index contributed by atoms with van der Waals surface area (Å²) in [6, 6.07) is 1.05. The van der Waals surface area contributed by atoms with Crippen LogP contribution in [0.1, 0.15) is 49.9 Å². The second kappa shape index (κ2) is 15.0. The van der Waals surface area contributed by atoms with Gasteiger partial charge in [-0.1, -0.05) is 21.9 Å². The van der Waals surface area contributed by atoms with Crippen molar-refractivity contribution in [1.29, 1.82) is 0 Å². The van der Waals surface area contributed by atoms with Crippen LogP contribution >= 0.6 is 34.7 Å². The fourth-order valence-electron chi connectivity index (χ4n) is 7.23. The van der Waals surface area contributed by atoms with E-state index in [1.54, 1.807) is 17.2 Å². The number of amides is 3. The molecule has 7 rings (SSSR count). The van der Waals surface area contributed by atoms with Gasteiger partial charge in [0.1, 0.15) is 29.4 Å². The normalized spacial score (nSPS) is 25.6. The zero-order valence-electron chi connectivity index (χ0n) is 30.1. The van der Waals surface area contributed by atoms with E-state index >= 15 is 0 Å². The standard InChI is InChI=1S/C34H38ClN7O11S2/c1-15-19(13-42-10-7-17(8-11-42)40(9-12-42)29(46)23(38-52)18-5-6-21(43)27(44)22(18)35)26(32(48)49)41-30(47)25(31(41)55-15)37-28(45)24(20-14-54-16(2)36-20)39-53-34(3,4)33(50)51/h5-6,14-15,17,25,31H,7-13H2,1-4H3,(H5-,37,38,39,43,44,45,46,48,49,50,51,52)/p+1/t15-,17?,25+,31+,42?/m0/s1. The first-order valence-electron chi connectivity index (χ1n) is 17.2. The topological polar surface area (TPSA) is 252 Å². The maximum Gasteiger partial charge on any atom is 0.352 e. The van der Waals surface area contributed by atoms with E-state index in [-0.39, 0.29) is 46.8 Å². The van der Waals surface area contributed by atoms with Crippen molar-refractivity contribution in [1.82, 2.24) is 20.1 Å². The Morgan fingerprint density at radius 1 is 1.13 bits per heavy atom. The number of oxime groups is 2. The molecule has 4 fully saturated rings. The van der Waals surface area contributed by atoms with Crippen molar-refractivity contribution < 1.29 is 58.9 Å². The minimum absolute atomic E-state index is 0.0581. The summed E-state index contributed by atoms with van der Waals surface area (Å²) in [6.45, 7) is 8.20. The highest BCUT2D eigenvalue weighted by Gasteiger charge is 2.57. The number of quaternary nitrogens is 1. The summed E-state index contributed by atoms with van der Waals surface area (Å²) >= 11 is 8.73. The number of aromatic nitrogens is 1. The van der Waals surface area contributed by atoms with Crippen LogP contribution in [-0.4, -0.2) is 147 Å². The lowest BCUT2D eigenvalue weighted by Crippen LogP contribution is -2.72. The number of carbonyl (C=O) groups is 5. The molecule has 21 heteroatoms. The van der Waals surface area contributed by atoms with Crippen LogP contribution in [0, 0.1) is 6.92 Å². The van der Waals surface area contributed by atoms with Crippen LogP contribution in [0.4, 0.5) is 0 Å². The van der Waals surface area contributed by atoms with Crippen LogP contribution in [0.3, 0.4) is 0 Å². The summed E-state index contributed by atoms with van der Waals surface area (Å²) in [4.78, 5) is 77.8. The summed E-state index contributed by atoms with van der Waals surface area (Å²) < 4.78 is 0.441. The molecule has 294 valence electrons. The molecule has 5 aliphatic rings. The number of β-lactam (4-membered cyclic amide) rings is 1. The first kappa shape index (κ1) is 39.8. The van der Waals surface area contributed by atoms with E-state index in [9.17, 15) is 49.6 Å². The summed E-state index contributed by atoms with van der Waals surface area (Å²) in [5.41, 5.74) is -2.09. The number of hydrogen-bond acceptors (Lipinski definition) is 14. The molecule has 0 radical (unpaired) electrons. The van der Waals surface area contributed by atoms with Gasteiger partial charge in [0, 0.05) is 40.7 Å². The van der Waals surface area contributed by atoms with Crippen LogP contribution in [0.5, 0.6) is 11.5 Å². The largest absolute Gasteiger partial charge is 0.504 e. The van der Waals surface area contributed by atoms with E-state index in [1.807, 2.05) is 6.92 Å². The molecule has 18 nitrogen and oxygen atoms in total. The number of thioether (sulfide) groups is 1. The third kappa shape index (κ3) is 7.30. The Labute approximate surface area is 327 Å². The number of carboxylic acids is 2. The Morgan fingerprint density at radius 3 is 2.42 bits per heavy atom. The SMILES string of the molecule is Cc1nc(/C(=N/OC(C)(C)C(=O)O)C(=O)N[C@@H]2C(=O)N3C(C(=O)O)=C(C[N+]45CCC(CC4)N(C(=O)/C(=N\O)c4ccc(O)c(O)c4Cl)CC5)[C@H](C)S[C@H]23)cs1. The van der Waals surface area contributed by atoms with Gasteiger partial charge in [0.05, 0.1) is 36.2 Å². The minimum atomic E-state index is -1.78. The molecule has 2 bridgehead atoms. The number of aliphatic carboxylic acids is 2. The molecule has 3 atom stereocenters. The molecule has 0 spiro atoms. The van der Waals surface area contributed by atoms with Gasteiger partial charge in [0.2, 0.25) is 5.60 Å². The van der Waals surface area contributed by atoms with E-state index < -0.39 is 69.1 Å². The van der Waals surface area contributed by atoms with Gasteiger partial charge in [-0.15, -0.1) is 23.1 Å². The van der Waals surface area contributed by atoms with Gasteiger partial charge in [0.15, 0.2) is 22.9 Å². The van der Waals surface area contributed by atoms with Gasteiger partial charge in [-0.2, -0.15) is 0 Å². The third-order valence-electron chi connectivity index (χ3n) is 10.4. The third-order valence-corrected chi connectivity index (χ3v) is 13.0. The Bertz CT molecular complexity index is 2060. The molecule has 55 heavy (non-hydrogen) atoms. The van der Waals surface area contributed by atoms with Crippen molar-refractivity contribution in [2.75, 3.05) is 32.7 Å². The number of carbonyl (C=O) groups excluding carboxylic acids is 3. The second-order valence-electron chi connectivity index (χ2n) is 14.2. The van der Waals surface area contributed by atoms with Gasteiger partial charge < -0.3 is 45.2 Å². The van der Waals surface area contributed by atoms with Gasteiger partial charge in [-0.05, 0) is 39.8 Å². The maximum atomic E-state index is 13.8. The molecule has 0 unspecified atom stereocenters. The molecule has 3 amide bonds. The lowest BCUT2D eigenvalue weighted by atomic mass is 9.97. The molecule has 4 saturated heterocycles. The van der Waals surface area contributed by atoms with Crippen molar-refractivity contribution in [3.05, 3.63) is 50.1 Å². The average Bonchev–Trinajstić information content (AvgIpc) is 3.38. The summed E-state index contributed by atoms with van der Waals surface area (Å²) in [6.07, 6.45) is 1.12. The summed E-state index contributed by atoms with van der Waals surface area (Å²) in [7, 11) is 0. The number of halogens is 1. The first-order chi connectivity index (χ1) is 25.9. The minimum Gasteiger partial charge on any atom is -0.504 e. The number of carboxylic acid groups (broad SMARTS) is 2. The van der Waals surface area contributed by atoms with Gasteiger partial charge in [-0.25, -0.2) is 14.6 Å². The number of thiazole rings is 1. The number of benzene rings is 1. The molecule has 5 aliphatic heterocycles. The van der Waals surface area contributed by atoms with E-state index in [2.05, 4.69) is 20.6 Å². The number of nitrogens with one attached hydrogen (secondary N) is 1. The quantitative estimate of drug-likeness (QED) is 0.0474.